The van der Waals surface area contributed by atoms with Crippen molar-refractivity contribution < 1.29 is 4.79 Å². The molecule has 1 aliphatic carbocycles. The molecule has 3 N–H and O–H groups in total. The SMILES string of the molecule is CCC(C)NC1(C(N)=O)Cc2ccccc2C1. The fourth-order valence-electron chi connectivity index (χ4n) is 2.54. The molecule has 1 aliphatic rings. The van der Waals surface area contributed by atoms with E-state index in [1.54, 1.807) is 0 Å². The molecule has 1 atom stereocenters. The number of hydrogen-bond acceptors (Lipinski definition) is 2. The summed E-state index contributed by atoms with van der Waals surface area (Å²) in [4.78, 5) is 11.8. The summed E-state index contributed by atoms with van der Waals surface area (Å²) in [5.41, 5.74) is 7.51. The Balaban J connectivity index is 2.26. The first-order valence-corrected chi connectivity index (χ1v) is 6.22. The third kappa shape index (κ3) is 2.20. The van der Waals surface area contributed by atoms with E-state index in [1.807, 2.05) is 12.1 Å². The minimum Gasteiger partial charge on any atom is -0.368 e. The number of carbonyl (C=O) groups excluding carboxylic acids is 1. The molecule has 0 heterocycles. The molecule has 0 aliphatic heterocycles. The van der Waals surface area contributed by atoms with Gasteiger partial charge in [0.1, 0.15) is 5.54 Å². The van der Waals surface area contributed by atoms with Gasteiger partial charge in [-0.2, -0.15) is 0 Å². The topological polar surface area (TPSA) is 55.1 Å². The van der Waals surface area contributed by atoms with E-state index in [4.69, 9.17) is 5.73 Å². The average molecular weight is 232 g/mol. The third-order valence-corrected chi connectivity index (χ3v) is 3.71. The largest absolute Gasteiger partial charge is 0.368 e. The summed E-state index contributed by atoms with van der Waals surface area (Å²) in [5.74, 6) is -0.242. The van der Waals surface area contributed by atoms with E-state index in [1.165, 1.54) is 11.1 Å². The standard InChI is InChI=1S/C14H20N2O/c1-3-10(2)16-14(13(15)17)8-11-6-4-5-7-12(11)9-14/h4-7,10,16H,3,8-9H2,1-2H3,(H2,15,17). The molecule has 0 bridgehead atoms. The van der Waals surface area contributed by atoms with Gasteiger partial charge in [0.2, 0.25) is 5.91 Å². The monoisotopic (exact) mass is 232 g/mol. The number of rotatable bonds is 4. The highest BCUT2D eigenvalue weighted by molar-refractivity contribution is 5.86. The van der Waals surface area contributed by atoms with Crippen molar-refractivity contribution in [2.24, 2.45) is 5.73 Å². The number of carbonyl (C=O) groups is 1. The number of benzene rings is 1. The first-order chi connectivity index (χ1) is 8.07. The van der Waals surface area contributed by atoms with E-state index < -0.39 is 5.54 Å². The molecule has 1 unspecified atom stereocenters. The second-order valence-electron chi connectivity index (χ2n) is 5.02. The van der Waals surface area contributed by atoms with Crippen LogP contribution in [0.2, 0.25) is 0 Å². The third-order valence-electron chi connectivity index (χ3n) is 3.71. The van der Waals surface area contributed by atoms with Gasteiger partial charge in [-0.15, -0.1) is 0 Å². The maximum absolute atomic E-state index is 11.8. The van der Waals surface area contributed by atoms with Crippen LogP contribution >= 0.6 is 0 Å². The zero-order valence-electron chi connectivity index (χ0n) is 10.5. The Bertz CT molecular complexity index is 403. The lowest BCUT2D eigenvalue weighted by Gasteiger charge is -2.30. The zero-order valence-corrected chi connectivity index (χ0v) is 10.5. The molecule has 0 fully saturated rings. The summed E-state index contributed by atoms with van der Waals surface area (Å²) in [7, 11) is 0. The molecular formula is C14H20N2O. The second-order valence-corrected chi connectivity index (χ2v) is 5.02. The Labute approximate surface area is 102 Å². The van der Waals surface area contributed by atoms with Crippen molar-refractivity contribution in [2.45, 2.75) is 44.7 Å². The summed E-state index contributed by atoms with van der Waals surface area (Å²) in [5, 5.41) is 3.41. The number of nitrogens with two attached hydrogens (primary N) is 1. The van der Waals surface area contributed by atoms with Gasteiger partial charge in [0.15, 0.2) is 0 Å². The number of primary amides is 1. The molecule has 0 radical (unpaired) electrons. The van der Waals surface area contributed by atoms with Gasteiger partial charge < -0.3 is 11.1 Å². The van der Waals surface area contributed by atoms with Gasteiger partial charge in [-0.1, -0.05) is 31.2 Å². The van der Waals surface area contributed by atoms with Gasteiger partial charge in [-0.3, -0.25) is 4.79 Å². The van der Waals surface area contributed by atoms with Crippen LogP contribution in [0.5, 0.6) is 0 Å². The van der Waals surface area contributed by atoms with Gasteiger partial charge in [0.05, 0.1) is 0 Å². The number of fused-ring (bicyclic) bond motifs is 1. The van der Waals surface area contributed by atoms with Crippen LogP contribution in [0, 0.1) is 0 Å². The minimum atomic E-state index is -0.584. The summed E-state index contributed by atoms with van der Waals surface area (Å²) in [6.45, 7) is 4.20. The molecule has 17 heavy (non-hydrogen) atoms. The normalized spacial score (nSPS) is 18.7. The lowest BCUT2D eigenvalue weighted by atomic mass is 9.93. The first kappa shape index (κ1) is 12.1. The first-order valence-electron chi connectivity index (χ1n) is 6.22. The smallest absolute Gasteiger partial charge is 0.238 e. The van der Waals surface area contributed by atoms with Crippen molar-refractivity contribution >= 4 is 5.91 Å². The van der Waals surface area contributed by atoms with Gasteiger partial charge in [-0.25, -0.2) is 0 Å². The lowest BCUT2D eigenvalue weighted by Crippen LogP contribution is -2.58. The molecule has 0 saturated carbocycles. The highest BCUT2D eigenvalue weighted by atomic mass is 16.1. The van der Waals surface area contributed by atoms with Gasteiger partial charge >= 0.3 is 0 Å². The van der Waals surface area contributed by atoms with Crippen LogP contribution in [-0.4, -0.2) is 17.5 Å². The van der Waals surface area contributed by atoms with Crippen molar-refractivity contribution in [3.05, 3.63) is 35.4 Å². The molecule has 92 valence electrons. The minimum absolute atomic E-state index is 0.242. The van der Waals surface area contributed by atoms with Crippen molar-refractivity contribution in [1.82, 2.24) is 5.32 Å². The molecule has 1 aromatic rings. The predicted molar refractivity (Wildman–Crippen MR) is 68.7 cm³/mol. The van der Waals surface area contributed by atoms with E-state index in [9.17, 15) is 4.79 Å². The molecule has 0 spiro atoms. The van der Waals surface area contributed by atoms with Crippen LogP contribution in [0.3, 0.4) is 0 Å². The number of hydrogen-bond donors (Lipinski definition) is 2. The van der Waals surface area contributed by atoms with Crippen molar-refractivity contribution in [1.29, 1.82) is 0 Å². The fraction of sp³-hybridized carbons (Fsp3) is 0.500. The summed E-state index contributed by atoms with van der Waals surface area (Å²) in [6.07, 6.45) is 2.41. The van der Waals surface area contributed by atoms with E-state index >= 15 is 0 Å². The maximum Gasteiger partial charge on any atom is 0.238 e. The van der Waals surface area contributed by atoms with Gasteiger partial charge in [0.25, 0.3) is 0 Å². The Kier molecular flexibility index (Phi) is 3.20. The molecule has 3 heteroatoms. The van der Waals surface area contributed by atoms with Gasteiger partial charge in [0, 0.05) is 18.9 Å². The van der Waals surface area contributed by atoms with E-state index in [0.29, 0.717) is 18.9 Å². The lowest BCUT2D eigenvalue weighted by molar-refractivity contribution is -0.124. The Morgan fingerprint density at radius 1 is 1.41 bits per heavy atom. The Morgan fingerprint density at radius 3 is 2.35 bits per heavy atom. The van der Waals surface area contributed by atoms with Crippen LogP contribution in [0.4, 0.5) is 0 Å². The molecule has 1 aromatic carbocycles. The van der Waals surface area contributed by atoms with Crippen molar-refractivity contribution in [3.63, 3.8) is 0 Å². The molecule has 0 aromatic heterocycles. The van der Waals surface area contributed by atoms with Crippen molar-refractivity contribution in [3.8, 4) is 0 Å². The summed E-state index contributed by atoms with van der Waals surface area (Å²) >= 11 is 0. The van der Waals surface area contributed by atoms with Crippen LogP contribution in [0.15, 0.2) is 24.3 Å². The van der Waals surface area contributed by atoms with Crippen LogP contribution < -0.4 is 11.1 Å². The van der Waals surface area contributed by atoms with Crippen LogP contribution in [-0.2, 0) is 17.6 Å². The molecular weight excluding hydrogens is 212 g/mol. The van der Waals surface area contributed by atoms with E-state index in [-0.39, 0.29) is 5.91 Å². The average Bonchev–Trinajstić information content (AvgIpc) is 2.68. The molecule has 2 rings (SSSR count). The fourth-order valence-corrected chi connectivity index (χ4v) is 2.54. The second kappa shape index (κ2) is 4.49. The summed E-state index contributed by atoms with van der Waals surface area (Å²) < 4.78 is 0. The zero-order chi connectivity index (χ0) is 12.5. The van der Waals surface area contributed by atoms with Crippen molar-refractivity contribution in [2.75, 3.05) is 0 Å². The Morgan fingerprint density at radius 2 is 1.94 bits per heavy atom. The summed E-state index contributed by atoms with van der Waals surface area (Å²) in [6, 6.07) is 8.49. The molecule has 0 saturated heterocycles. The van der Waals surface area contributed by atoms with E-state index in [0.717, 1.165) is 6.42 Å². The highest BCUT2D eigenvalue weighted by Gasteiger charge is 2.42. The van der Waals surface area contributed by atoms with Crippen LogP contribution in [0.1, 0.15) is 31.4 Å². The number of amides is 1. The number of nitrogens with one attached hydrogen (secondary N) is 1. The van der Waals surface area contributed by atoms with Gasteiger partial charge in [-0.05, 0) is 24.5 Å². The highest BCUT2D eigenvalue weighted by Crippen LogP contribution is 2.30. The van der Waals surface area contributed by atoms with E-state index in [2.05, 4.69) is 31.3 Å². The molecule has 3 nitrogen and oxygen atoms in total. The maximum atomic E-state index is 11.8. The Hall–Kier alpha value is -1.35. The predicted octanol–water partition coefficient (Wildman–Crippen LogP) is 1.40. The van der Waals surface area contributed by atoms with Crippen LogP contribution in [0.25, 0.3) is 0 Å². The molecule has 1 amide bonds. The quantitative estimate of drug-likeness (QED) is 0.824.